The zero-order valence-electron chi connectivity index (χ0n) is 21.9. The molecule has 0 unspecified atom stereocenters. The number of phenolic OH excluding ortho intramolecular Hbond substituents is 1. The molecule has 1 aromatic heterocycles. The lowest BCUT2D eigenvalue weighted by Gasteiger charge is -2.27. The van der Waals surface area contributed by atoms with Crippen LogP contribution in [0.1, 0.15) is 55.4 Å². The van der Waals surface area contributed by atoms with E-state index in [2.05, 4.69) is 10.6 Å². The number of nitrogens with two attached hydrogens (primary N) is 1. The lowest BCUT2D eigenvalue weighted by Crippen LogP contribution is -2.42. The summed E-state index contributed by atoms with van der Waals surface area (Å²) in [5, 5.41) is 21.8. The molecule has 0 atom stereocenters. The van der Waals surface area contributed by atoms with E-state index in [0.29, 0.717) is 47.0 Å². The number of nitrogen functional groups attached to an aromatic ring is 1. The standard InChI is InChI=1S/C18H18N4O3S.C8H11NO.C2H6/c19-7-12-5-11(1-2-15(12)20)18(25)21-8-17(24)22-4-3-16-13(9-22)6-14(10-23)26-16;1-9-6-7-2-4-8(10)5-3-7;1-2/h1-2,5-7,10,19H,3-4,8-9,20H2,(H,21,25);2-5,9-10H,6H2,1H3;1-2H3. The zero-order chi connectivity index (χ0) is 28.1. The summed E-state index contributed by atoms with van der Waals surface area (Å²) in [6.45, 7) is 5.76. The molecule has 10 heteroatoms. The quantitative estimate of drug-likeness (QED) is 0.177. The van der Waals surface area contributed by atoms with Crippen molar-refractivity contribution >= 4 is 41.3 Å². The highest BCUT2D eigenvalue weighted by atomic mass is 32.1. The first kappa shape index (κ1) is 30.2. The third-order valence-electron chi connectivity index (χ3n) is 5.58. The Morgan fingerprint density at radius 3 is 2.50 bits per heavy atom. The number of rotatable bonds is 7. The van der Waals surface area contributed by atoms with Crippen LogP contribution in [0.15, 0.2) is 48.5 Å². The first-order chi connectivity index (χ1) is 18.3. The Labute approximate surface area is 227 Å². The second-order valence-electron chi connectivity index (χ2n) is 8.15. The zero-order valence-corrected chi connectivity index (χ0v) is 22.7. The number of aldehydes is 1. The van der Waals surface area contributed by atoms with E-state index in [1.54, 1.807) is 29.2 Å². The molecule has 9 nitrogen and oxygen atoms in total. The molecule has 2 heterocycles. The maximum atomic E-state index is 12.4. The van der Waals surface area contributed by atoms with Gasteiger partial charge in [0.05, 0.1) is 11.4 Å². The highest BCUT2D eigenvalue weighted by Crippen LogP contribution is 2.27. The van der Waals surface area contributed by atoms with Gasteiger partial charge in [-0.05, 0) is 61.0 Å². The number of benzene rings is 2. The summed E-state index contributed by atoms with van der Waals surface area (Å²) < 4.78 is 0. The van der Waals surface area contributed by atoms with Crippen LogP contribution < -0.4 is 16.4 Å². The SMILES string of the molecule is CC.CNCc1ccc(O)cc1.N=Cc1cc(C(=O)NCC(=O)N2CCc3sc(C=O)cc3C2)ccc1N. The first-order valence-electron chi connectivity index (χ1n) is 12.3. The van der Waals surface area contributed by atoms with Crippen LogP contribution in [-0.4, -0.2) is 54.5 Å². The predicted octanol–water partition coefficient (Wildman–Crippen LogP) is 3.59. The lowest BCUT2D eigenvalue weighted by molar-refractivity contribution is -0.131. The maximum Gasteiger partial charge on any atom is 0.251 e. The fraction of sp³-hybridized carbons (Fsp3) is 0.286. The average molecular weight is 538 g/mol. The Morgan fingerprint density at radius 1 is 1.16 bits per heavy atom. The topological polar surface area (TPSA) is 149 Å². The number of carbonyl (C=O) groups is 3. The molecule has 0 radical (unpaired) electrons. The fourth-order valence-corrected chi connectivity index (χ4v) is 4.64. The van der Waals surface area contributed by atoms with Crippen molar-refractivity contribution in [2.45, 2.75) is 33.4 Å². The molecule has 0 bridgehead atoms. The van der Waals surface area contributed by atoms with Gasteiger partial charge in [-0.3, -0.25) is 14.4 Å². The van der Waals surface area contributed by atoms with E-state index in [9.17, 15) is 14.4 Å². The van der Waals surface area contributed by atoms with Crippen molar-refractivity contribution in [3.8, 4) is 5.75 Å². The van der Waals surface area contributed by atoms with Crippen molar-refractivity contribution in [1.82, 2.24) is 15.5 Å². The van der Waals surface area contributed by atoms with Crippen molar-refractivity contribution in [3.05, 3.63) is 80.5 Å². The van der Waals surface area contributed by atoms with E-state index >= 15 is 0 Å². The number of aromatic hydroxyl groups is 1. The highest BCUT2D eigenvalue weighted by Gasteiger charge is 2.23. The average Bonchev–Trinajstić information content (AvgIpc) is 3.37. The Bertz CT molecular complexity index is 1240. The van der Waals surface area contributed by atoms with Crippen molar-refractivity contribution < 1.29 is 19.5 Å². The Balaban J connectivity index is 0.000000353. The van der Waals surface area contributed by atoms with Gasteiger partial charge in [-0.2, -0.15) is 0 Å². The van der Waals surface area contributed by atoms with E-state index in [4.69, 9.17) is 16.2 Å². The Morgan fingerprint density at radius 2 is 1.87 bits per heavy atom. The van der Waals surface area contributed by atoms with Gasteiger partial charge < -0.3 is 31.8 Å². The third-order valence-corrected chi connectivity index (χ3v) is 6.74. The second kappa shape index (κ2) is 15.3. The van der Waals surface area contributed by atoms with Crippen LogP contribution in [0.4, 0.5) is 5.69 Å². The van der Waals surface area contributed by atoms with E-state index < -0.39 is 5.91 Å². The van der Waals surface area contributed by atoms with Gasteiger partial charge in [0, 0.05) is 47.5 Å². The lowest BCUT2D eigenvalue weighted by atomic mass is 10.1. The van der Waals surface area contributed by atoms with Crippen molar-refractivity contribution in [2.24, 2.45) is 0 Å². The number of anilines is 1. The largest absolute Gasteiger partial charge is 0.508 e. The van der Waals surface area contributed by atoms with Crippen LogP contribution in [0.3, 0.4) is 0 Å². The number of thiophene rings is 1. The molecule has 1 aliphatic heterocycles. The molecule has 2 amide bonds. The van der Waals surface area contributed by atoms with Gasteiger partial charge in [0.25, 0.3) is 5.91 Å². The number of phenols is 1. The molecule has 0 fully saturated rings. The molecule has 4 rings (SSSR count). The smallest absolute Gasteiger partial charge is 0.251 e. The molecular formula is C28H35N5O4S. The molecule has 0 saturated carbocycles. The minimum Gasteiger partial charge on any atom is -0.508 e. The first-order valence-corrected chi connectivity index (χ1v) is 13.1. The van der Waals surface area contributed by atoms with Crippen LogP contribution >= 0.6 is 11.3 Å². The molecular weight excluding hydrogens is 502 g/mol. The molecule has 1 aliphatic rings. The van der Waals surface area contributed by atoms with Crippen LogP contribution in [0, 0.1) is 5.41 Å². The number of hydrogen-bond donors (Lipinski definition) is 5. The van der Waals surface area contributed by atoms with Gasteiger partial charge in [0.1, 0.15) is 5.75 Å². The maximum absolute atomic E-state index is 12.4. The van der Waals surface area contributed by atoms with Crippen LogP contribution in [-0.2, 0) is 24.3 Å². The fourth-order valence-electron chi connectivity index (χ4n) is 3.66. The van der Waals surface area contributed by atoms with Crippen LogP contribution in [0.5, 0.6) is 5.75 Å². The van der Waals surface area contributed by atoms with Gasteiger partial charge >= 0.3 is 0 Å². The van der Waals surface area contributed by atoms with Crippen LogP contribution in [0.2, 0.25) is 0 Å². The van der Waals surface area contributed by atoms with Crippen molar-refractivity contribution in [1.29, 1.82) is 5.41 Å². The van der Waals surface area contributed by atoms with Gasteiger partial charge in [-0.15, -0.1) is 11.3 Å². The molecule has 0 saturated heterocycles. The molecule has 0 aliphatic carbocycles. The number of amides is 2. The van der Waals surface area contributed by atoms with Gasteiger partial charge in [-0.1, -0.05) is 26.0 Å². The van der Waals surface area contributed by atoms with Crippen molar-refractivity contribution in [2.75, 3.05) is 25.9 Å². The summed E-state index contributed by atoms with van der Waals surface area (Å²) >= 11 is 1.46. The predicted molar refractivity (Wildman–Crippen MR) is 152 cm³/mol. The molecule has 202 valence electrons. The van der Waals surface area contributed by atoms with Gasteiger partial charge in [0.15, 0.2) is 6.29 Å². The minimum absolute atomic E-state index is 0.108. The Hall–Kier alpha value is -4.02. The molecule has 6 N–H and O–H groups in total. The molecule has 38 heavy (non-hydrogen) atoms. The summed E-state index contributed by atoms with van der Waals surface area (Å²) in [4.78, 5) is 39.0. The normalized spacial score (nSPS) is 11.6. The summed E-state index contributed by atoms with van der Waals surface area (Å²) in [6, 6.07) is 13.6. The van der Waals surface area contributed by atoms with Crippen molar-refractivity contribution in [3.63, 3.8) is 0 Å². The van der Waals surface area contributed by atoms with E-state index in [-0.39, 0.29) is 12.5 Å². The van der Waals surface area contributed by atoms with E-state index in [0.717, 1.165) is 29.5 Å². The van der Waals surface area contributed by atoms with Gasteiger partial charge in [-0.25, -0.2) is 0 Å². The number of fused-ring (bicyclic) bond motifs is 1. The van der Waals surface area contributed by atoms with E-state index in [1.807, 2.05) is 39.1 Å². The second-order valence-corrected chi connectivity index (χ2v) is 9.32. The number of nitrogens with zero attached hydrogens (tertiary/aromatic N) is 1. The molecule has 0 spiro atoms. The number of hydrogen-bond acceptors (Lipinski definition) is 8. The monoisotopic (exact) mass is 537 g/mol. The summed E-state index contributed by atoms with van der Waals surface area (Å²) in [5.74, 6) is -0.247. The summed E-state index contributed by atoms with van der Waals surface area (Å²) in [5.41, 5.74) is 9.10. The van der Waals surface area contributed by atoms with Crippen LogP contribution in [0.25, 0.3) is 0 Å². The van der Waals surface area contributed by atoms with Gasteiger partial charge in [0.2, 0.25) is 5.91 Å². The number of carbonyl (C=O) groups excluding carboxylic acids is 3. The molecule has 2 aromatic carbocycles. The third kappa shape index (κ3) is 8.53. The Kier molecular flexibility index (Phi) is 12.1. The highest BCUT2D eigenvalue weighted by molar-refractivity contribution is 7.13. The molecule has 3 aromatic rings. The number of nitrogens with one attached hydrogen (secondary N) is 3. The summed E-state index contributed by atoms with van der Waals surface area (Å²) in [6.07, 6.45) is 2.62. The summed E-state index contributed by atoms with van der Waals surface area (Å²) in [7, 11) is 1.90. The van der Waals surface area contributed by atoms with E-state index in [1.165, 1.54) is 23.0 Å². The minimum atomic E-state index is -0.391.